The zero-order valence-electron chi connectivity index (χ0n) is 13.7. The van der Waals surface area contributed by atoms with Gasteiger partial charge in [0.1, 0.15) is 18.9 Å². The van der Waals surface area contributed by atoms with Gasteiger partial charge in [-0.15, -0.1) is 5.10 Å². The standard InChI is InChI=1S/C16H25N5O/c1-4-16(2,3)12-5-7-13(8-6-12)19-15(22)10-21-11-18-14(9-17)20-21/h11-13H,4-8,10H2,1-3H3,(H,19,22). The van der Waals surface area contributed by atoms with E-state index in [4.69, 9.17) is 5.26 Å². The van der Waals surface area contributed by atoms with Crippen LogP contribution in [0.5, 0.6) is 0 Å². The number of hydrogen-bond acceptors (Lipinski definition) is 4. The molecule has 0 radical (unpaired) electrons. The third kappa shape index (κ3) is 4.06. The van der Waals surface area contributed by atoms with Gasteiger partial charge in [0, 0.05) is 6.04 Å². The predicted octanol–water partition coefficient (Wildman–Crippen LogP) is 2.26. The molecule has 22 heavy (non-hydrogen) atoms. The Morgan fingerprint density at radius 2 is 2.14 bits per heavy atom. The van der Waals surface area contributed by atoms with Crippen LogP contribution in [0.1, 0.15) is 58.7 Å². The Kier molecular flexibility index (Phi) is 5.17. The number of hydrogen-bond donors (Lipinski definition) is 1. The number of nitriles is 1. The van der Waals surface area contributed by atoms with E-state index in [1.54, 1.807) is 0 Å². The molecule has 0 bridgehead atoms. The summed E-state index contributed by atoms with van der Waals surface area (Å²) < 4.78 is 1.40. The quantitative estimate of drug-likeness (QED) is 0.904. The number of aromatic nitrogens is 3. The van der Waals surface area contributed by atoms with Crippen LogP contribution in [0, 0.1) is 22.7 Å². The zero-order valence-corrected chi connectivity index (χ0v) is 13.7. The highest BCUT2D eigenvalue weighted by atomic mass is 16.2. The van der Waals surface area contributed by atoms with Gasteiger partial charge in [-0.3, -0.25) is 4.79 Å². The first-order valence-corrected chi connectivity index (χ1v) is 8.03. The highest BCUT2D eigenvalue weighted by Crippen LogP contribution is 2.40. The average Bonchev–Trinajstić information content (AvgIpc) is 2.95. The number of amides is 1. The fraction of sp³-hybridized carbons (Fsp3) is 0.750. The first-order valence-electron chi connectivity index (χ1n) is 8.03. The Balaban J connectivity index is 1.78. The number of rotatable bonds is 5. The summed E-state index contributed by atoms with van der Waals surface area (Å²) in [4.78, 5) is 15.8. The smallest absolute Gasteiger partial charge is 0.252 e. The minimum atomic E-state index is -0.0624. The Labute approximate surface area is 131 Å². The van der Waals surface area contributed by atoms with E-state index in [1.807, 2.05) is 6.07 Å². The van der Waals surface area contributed by atoms with Gasteiger partial charge >= 0.3 is 0 Å². The molecule has 0 aliphatic heterocycles. The molecule has 0 aromatic carbocycles. The van der Waals surface area contributed by atoms with E-state index in [2.05, 4.69) is 36.2 Å². The second kappa shape index (κ2) is 6.91. The summed E-state index contributed by atoms with van der Waals surface area (Å²) in [5.74, 6) is 0.779. The SMILES string of the molecule is CCC(C)(C)C1CCC(NC(=O)Cn2cnc(C#N)n2)CC1. The van der Waals surface area contributed by atoms with Crippen molar-refractivity contribution >= 4 is 5.91 Å². The van der Waals surface area contributed by atoms with Gasteiger partial charge in [0.15, 0.2) is 0 Å². The molecule has 1 saturated carbocycles. The zero-order chi connectivity index (χ0) is 16.2. The molecule has 0 spiro atoms. The van der Waals surface area contributed by atoms with Crippen LogP contribution in [0.2, 0.25) is 0 Å². The second-order valence-electron chi connectivity index (χ2n) is 6.84. The van der Waals surface area contributed by atoms with E-state index in [0.717, 1.165) is 18.8 Å². The van der Waals surface area contributed by atoms with Crippen molar-refractivity contribution in [3.8, 4) is 6.07 Å². The van der Waals surface area contributed by atoms with Crippen molar-refractivity contribution in [3.05, 3.63) is 12.2 Å². The maximum Gasteiger partial charge on any atom is 0.252 e. The topological polar surface area (TPSA) is 83.6 Å². The van der Waals surface area contributed by atoms with Gasteiger partial charge in [-0.05, 0) is 37.0 Å². The molecule has 1 heterocycles. The van der Waals surface area contributed by atoms with E-state index >= 15 is 0 Å². The molecule has 2 rings (SSSR count). The van der Waals surface area contributed by atoms with Gasteiger partial charge in [0.2, 0.25) is 5.91 Å². The lowest BCUT2D eigenvalue weighted by Gasteiger charge is -2.39. The molecule has 0 unspecified atom stereocenters. The summed E-state index contributed by atoms with van der Waals surface area (Å²) in [6.07, 6.45) is 7.05. The molecule has 1 aromatic heterocycles. The molecule has 0 saturated heterocycles. The Bertz CT molecular complexity index is 549. The van der Waals surface area contributed by atoms with Crippen molar-refractivity contribution < 1.29 is 4.79 Å². The highest BCUT2D eigenvalue weighted by Gasteiger charge is 2.32. The summed E-state index contributed by atoms with van der Waals surface area (Å²) >= 11 is 0. The van der Waals surface area contributed by atoms with Crippen LogP contribution in [0.4, 0.5) is 0 Å². The lowest BCUT2D eigenvalue weighted by atomic mass is 9.69. The average molecular weight is 303 g/mol. The molecule has 1 N–H and O–H groups in total. The van der Waals surface area contributed by atoms with E-state index in [1.165, 1.54) is 30.3 Å². The number of nitrogens with zero attached hydrogens (tertiary/aromatic N) is 4. The largest absolute Gasteiger partial charge is 0.352 e. The molecule has 6 heteroatoms. The molecule has 1 aromatic rings. The van der Waals surface area contributed by atoms with Crippen LogP contribution in [0.15, 0.2) is 6.33 Å². The third-order valence-electron chi connectivity index (χ3n) is 5.05. The van der Waals surface area contributed by atoms with E-state index in [9.17, 15) is 4.79 Å². The second-order valence-corrected chi connectivity index (χ2v) is 6.84. The summed E-state index contributed by atoms with van der Waals surface area (Å²) in [6.45, 7) is 7.05. The number of carbonyl (C=O) groups excluding carboxylic acids is 1. The first-order chi connectivity index (χ1) is 10.4. The first kappa shape index (κ1) is 16.5. The molecule has 120 valence electrons. The van der Waals surface area contributed by atoms with Crippen molar-refractivity contribution in [2.75, 3.05) is 0 Å². The molecule has 1 aliphatic carbocycles. The lowest BCUT2D eigenvalue weighted by Crippen LogP contribution is -2.41. The molecule has 1 amide bonds. The van der Waals surface area contributed by atoms with E-state index in [0.29, 0.717) is 5.41 Å². The van der Waals surface area contributed by atoms with Crippen LogP contribution in [0.25, 0.3) is 0 Å². The maximum absolute atomic E-state index is 12.0. The van der Waals surface area contributed by atoms with Crippen LogP contribution < -0.4 is 5.32 Å². The summed E-state index contributed by atoms with van der Waals surface area (Å²) in [6, 6.07) is 2.11. The molecule has 6 nitrogen and oxygen atoms in total. The van der Waals surface area contributed by atoms with Gasteiger partial charge in [-0.25, -0.2) is 9.67 Å². The Morgan fingerprint density at radius 3 is 2.68 bits per heavy atom. The minimum absolute atomic E-state index is 0.0624. The van der Waals surface area contributed by atoms with Crippen molar-refractivity contribution in [1.82, 2.24) is 20.1 Å². The Morgan fingerprint density at radius 1 is 1.45 bits per heavy atom. The molecular formula is C16H25N5O. The predicted molar refractivity (Wildman–Crippen MR) is 82.7 cm³/mol. The van der Waals surface area contributed by atoms with E-state index in [-0.39, 0.29) is 24.3 Å². The minimum Gasteiger partial charge on any atom is -0.352 e. The van der Waals surface area contributed by atoms with Gasteiger partial charge in [-0.1, -0.05) is 27.2 Å². The highest BCUT2D eigenvalue weighted by molar-refractivity contribution is 5.75. The third-order valence-corrected chi connectivity index (χ3v) is 5.05. The van der Waals surface area contributed by atoms with Crippen LogP contribution >= 0.6 is 0 Å². The molecule has 1 fully saturated rings. The van der Waals surface area contributed by atoms with Crippen molar-refractivity contribution in [1.29, 1.82) is 5.26 Å². The molecule has 1 aliphatic rings. The Hall–Kier alpha value is -1.90. The van der Waals surface area contributed by atoms with Gasteiger partial charge < -0.3 is 5.32 Å². The van der Waals surface area contributed by atoms with E-state index < -0.39 is 0 Å². The van der Waals surface area contributed by atoms with Crippen molar-refractivity contribution in [2.24, 2.45) is 11.3 Å². The van der Waals surface area contributed by atoms with Crippen LogP contribution in [-0.4, -0.2) is 26.7 Å². The number of carbonyl (C=O) groups is 1. The maximum atomic E-state index is 12.0. The van der Waals surface area contributed by atoms with Gasteiger partial charge in [0.25, 0.3) is 5.82 Å². The van der Waals surface area contributed by atoms with Crippen LogP contribution in [-0.2, 0) is 11.3 Å². The van der Waals surface area contributed by atoms with Crippen LogP contribution in [0.3, 0.4) is 0 Å². The van der Waals surface area contributed by atoms with Crippen molar-refractivity contribution in [3.63, 3.8) is 0 Å². The lowest BCUT2D eigenvalue weighted by molar-refractivity contribution is -0.122. The monoisotopic (exact) mass is 303 g/mol. The van der Waals surface area contributed by atoms with Gasteiger partial charge in [0.05, 0.1) is 0 Å². The molecular weight excluding hydrogens is 278 g/mol. The summed E-state index contributed by atoms with van der Waals surface area (Å²) in [5, 5.41) is 15.6. The van der Waals surface area contributed by atoms with Crippen molar-refractivity contribution in [2.45, 2.75) is 65.5 Å². The summed E-state index contributed by atoms with van der Waals surface area (Å²) in [5.41, 5.74) is 0.392. The normalized spacial score (nSPS) is 22.1. The van der Waals surface area contributed by atoms with Gasteiger partial charge in [-0.2, -0.15) is 5.26 Å². The summed E-state index contributed by atoms with van der Waals surface area (Å²) in [7, 11) is 0. The fourth-order valence-electron chi connectivity index (χ4n) is 3.15. The molecule has 0 atom stereocenters. The fourth-order valence-corrected chi connectivity index (χ4v) is 3.15. The number of nitrogens with one attached hydrogen (secondary N) is 1.